The van der Waals surface area contributed by atoms with E-state index in [0.717, 1.165) is 22.5 Å². The van der Waals surface area contributed by atoms with Gasteiger partial charge in [-0.15, -0.1) is 0 Å². The third-order valence-corrected chi connectivity index (χ3v) is 4.11. The molecule has 6 nitrogen and oxygen atoms in total. The standard InChI is InChI=1S/C17H20N4O2/c1-4-23-15-6-5-12(9-20-15)11(2)21-10-14-13(17(21)22)7-8-19-16(14)18-3/h5-9,11H,4,10H2,1-3H3,(H,18,19). The molecule has 1 amide bonds. The summed E-state index contributed by atoms with van der Waals surface area (Å²) < 4.78 is 5.36. The van der Waals surface area contributed by atoms with E-state index in [1.165, 1.54) is 0 Å². The normalized spacial score (nSPS) is 14.6. The molecule has 2 aromatic rings. The van der Waals surface area contributed by atoms with Crippen LogP contribution in [0.2, 0.25) is 0 Å². The van der Waals surface area contributed by atoms with Crippen LogP contribution in [0.5, 0.6) is 5.88 Å². The summed E-state index contributed by atoms with van der Waals surface area (Å²) in [5.41, 5.74) is 2.65. The molecule has 120 valence electrons. The molecule has 0 bridgehead atoms. The molecule has 1 N–H and O–H groups in total. The van der Waals surface area contributed by atoms with Gasteiger partial charge < -0.3 is 15.0 Å². The van der Waals surface area contributed by atoms with Gasteiger partial charge in [0, 0.05) is 36.6 Å². The molecular weight excluding hydrogens is 292 g/mol. The van der Waals surface area contributed by atoms with Gasteiger partial charge in [0.15, 0.2) is 0 Å². The van der Waals surface area contributed by atoms with Crippen molar-refractivity contribution in [2.24, 2.45) is 0 Å². The van der Waals surface area contributed by atoms with Gasteiger partial charge in [0.1, 0.15) is 5.82 Å². The second-order valence-corrected chi connectivity index (χ2v) is 5.41. The van der Waals surface area contributed by atoms with Crippen LogP contribution in [0.3, 0.4) is 0 Å². The molecule has 1 aliphatic heterocycles. The second kappa shape index (κ2) is 6.24. The molecule has 1 aliphatic rings. The maximum absolute atomic E-state index is 12.7. The molecule has 0 aromatic carbocycles. The lowest BCUT2D eigenvalue weighted by Gasteiger charge is -2.24. The van der Waals surface area contributed by atoms with Crippen molar-refractivity contribution in [3.05, 3.63) is 47.3 Å². The first-order chi connectivity index (χ1) is 11.2. The van der Waals surface area contributed by atoms with Crippen LogP contribution in [-0.2, 0) is 6.54 Å². The first-order valence-corrected chi connectivity index (χ1v) is 7.71. The predicted octanol–water partition coefficient (Wildman–Crippen LogP) is 2.63. The maximum atomic E-state index is 12.7. The van der Waals surface area contributed by atoms with E-state index >= 15 is 0 Å². The fraction of sp³-hybridized carbons (Fsp3) is 0.353. The number of pyridine rings is 2. The fourth-order valence-electron chi connectivity index (χ4n) is 2.83. The number of amides is 1. The molecule has 0 radical (unpaired) electrons. The average molecular weight is 312 g/mol. The van der Waals surface area contributed by atoms with Crippen LogP contribution in [-0.4, -0.2) is 34.4 Å². The van der Waals surface area contributed by atoms with E-state index in [2.05, 4.69) is 15.3 Å². The molecule has 0 saturated heterocycles. The van der Waals surface area contributed by atoms with Crippen molar-refractivity contribution in [2.75, 3.05) is 19.0 Å². The minimum absolute atomic E-state index is 0.0280. The third kappa shape index (κ3) is 2.72. The minimum Gasteiger partial charge on any atom is -0.478 e. The van der Waals surface area contributed by atoms with Gasteiger partial charge in [0.2, 0.25) is 5.88 Å². The average Bonchev–Trinajstić information content (AvgIpc) is 2.92. The lowest BCUT2D eigenvalue weighted by atomic mass is 10.1. The zero-order valence-electron chi connectivity index (χ0n) is 13.5. The van der Waals surface area contributed by atoms with Crippen LogP contribution in [0, 0.1) is 0 Å². The van der Waals surface area contributed by atoms with Gasteiger partial charge in [-0.3, -0.25) is 4.79 Å². The molecule has 3 heterocycles. The first-order valence-electron chi connectivity index (χ1n) is 7.71. The van der Waals surface area contributed by atoms with Crippen molar-refractivity contribution < 1.29 is 9.53 Å². The zero-order valence-corrected chi connectivity index (χ0v) is 13.5. The summed E-state index contributed by atoms with van der Waals surface area (Å²) >= 11 is 0. The largest absolute Gasteiger partial charge is 0.478 e. The highest BCUT2D eigenvalue weighted by molar-refractivity contribution is 5.99. The molecule has 1 atom stereocenters. The maximum Gasteiger partial charge on any atom is 0.255 e. The number of carbonyl (C=O) groups excluding carboxylic acids is 1. The van der Waals surface area contributed by atoms with E-state index in [-0.39, 0.29) is 11.9 Å². The summed E-state index contributed by atoms with van der Waals surface area (Å²) in [6.07, 6.45) is 3.43. The smallest absolute Gasteiger partial charge is 0.255 e. The Morgan fingerprint density at radius 1 is 1.35 bits per heavy atom. The number of nitrogens with zero attached hydrogens (tertiary/aromatic N) is 3. The summed E-state index contributed by atoms with van der Waals surface area (Å²) in [6, 6.07) is 5.50. The molecule has 2 aromatic heterocycles. The topological polar surface area (TPSA) is 67.3 Å². The molecule has 0 aliphatic carbocycles. The van der Waals surface area contributed by atoms with Crippen LogP contribution in [0.15, 0.2) is 30.6 Å². The third-order valence-electron chi connectivity index (χ3n) is 4.11. The Morgan fingerprint density at radius 3 is 2.83 bits per heavy atom. The lowest BCUT2D eigenvalue weighted by Crippen LogP contribution is -2.27. The van der Waals surface area contributed by atoms with Crippen LogP contribution in [0.1, 0.15) is 41.4 Å². The number of aromatic nitrogens is 2. The lowest BCUT2D eigenvalue weighted by molar-refractivity contribution is 0.0715. The Bertz CT molecular complexity index is 715. The van der Waals surface area contributed by atoms with E-state index < -0.39 is 0 Å². The van der Waals surface area contributed by atoms with Crippen molar-refractivity contribution in [1.29, 1.82) is 0 Å². The van der Waals surface area contributed by atoms with Gasteiger partial charge in [-0.2, -0.15) is 0 Å². The van der Waals surface area contributed by atoms with E-state index in [0.29, 0.717) is 19.0 Å². The molecule has 23 heavy (non-hydrogen) atoms. The van der Waals surface area contributed by atoms with E-state index in [1.54, 1.807) is 18.5 Å². The fourth-order valence-corrected chi connectivity index (χ4v) is 2.83. The monoisotopic (exact) mass is 312 g/mol. The van der Waals surface area contributed by atoms with Gasteiger partial charge in [0.25, 0.3) is 5.91 Å². The number of hydrogen-bond acceptors (Lipinski definition) is 5. The molecule has 0 fully saturated rings. The van der Waals surface area contributed by atoms with Crippen LogP contribution < -0.4 is 10.1 Å². The predicted molar refractivity (Wildman–Crippen MR) is 87.5 cm³/mol. The van der Waals surface area contributed by atoms with Crippen molar-refractivity contribution in [1.82, 2.24) is 14.9 Å². The van der Waals surface area contributed by atoms with Crippen molar-refractivity contribution in [3.8, 4) is 5.88 Å². The molecule has 0 saturated carbocycles. The van der Waals surface area contributed by atoms with Crippen LogP contribution in [0.4, 0.5) is 5.82 Å². The zero-order chi connectivity index (χ0) is 16.4. The Kier molecular flexibility index (Phi) is 4.14. The number of nitrogens with one attached hydrogen (secondary N) is 1. The summed E-state index contributed by atoms with van der Waals surface area (Å²) in [5.74, 6) is 1.39. The Labute approximate surface area is 135 Å². The summed E-state index contributed by atoms with van der Waals surface area (Å²) in [6.45, 7) is 5.06. The molecule has 6 heteroatoms. The first kappa shape index (κ1) is 15.3. The van der Waals surface area contributed by atoms with Gasteiger partial charge in [-0.1, -0.05) is 6.07 Å². The quantitative estimate of drug-likeness (QED) is 0.919. The highest BCUT2D eigenvalue weighted by atomic mass is 16.5. The Hall–Kier alpha value is -2.63. The van der Waals surface area contributed by atoms with Crippen molar-refractivity contribution in [3.63, 3.8) is 0 Å². The van der Waals surface area contributed by atoms with Gasteiger partial charge in [-0.25, -0.2) is 9.97 Å². The van der Waals surface area contributed by atoms with E-state index in [1.807, 2.05) is 37.9 Å². The molecule has 1 unspecified atom stereocenters. The Balaban J connectivity index is 1.84. The molecule has 0 spiro atoms. The number of hydrogen-bond donors (Lipinski definition) is 1. The minimum atomic E-state index is -0.0669. The van der Waals surface area contributed by atoms with Gasteiger partial charge >= 0.3 is 0 Å². The summed E-state index contributed by atoms with van der Waals surface area (Å²) in [5, 5.41) is 3.05. The van der Waals surface area contributed by atoms with E-state index in [4.69, 9.17) is 4.74 Å². The second-order valence-electron chi connectivity index (χ2n) is 5.41. The van der Waals surface area contributed by atoms with Crippen LogP contribution in [0.25, 0.3) is 0 Å². The van der Waals surface area contributed by atoms with Crippen molar-refractivity contribution in [2.45, 2.75) is 26.4 Å². The molecule has 3 rings (SSSR count). The van der Waals surface area contributed by atoms with Gasteiger partial charge in [0.05, 0.1) is 19.2 Å². The number of rotatable bonds is 5. The summed E-state index contributed by atoms with van der Waals surface area (Å²) in [7, 11) is 1.82. The highest BCUT2D eigenvalue weighted by Crippen LogP contribution is 2.33. The number of anilines is 1. The van der Waals surface area contributed by atoms with Gasteiger partial charge in [-0.05, 0) is 25.5 Å². The number of carbonyl (C=O) groups is 1. The number of fused-ring (bicyclic) bond motifs is 1. The highest BCUT2D eigenvalue weighted by Gasteiger charge is 2.33. The van der Waals surface area contributed by atoms with E-state index in [9.17, 15) is 4.79 Å². The Morgan fingerprint density at radius 2 is 2.17 bits per heavy atom. The van der Waals surface area contributed by atoms with Crippen molar-refractivity contribution >= 4 is 11.7 Å². The number of ether oxygens (including phenoxy) is 1. The summed E-state index contributed by atoms with van der Waals surface area (Å²) in [4.78, 5) is 23.1. The van der Waals surface area contributed by atoms with Crippen LogP contribution >= 0.6 is 0 Å². The molecular formula is C17H20N4O2. The SMILES string of the molecule is CCOc1ccc(C(C)N2Cc3c(ccnc3NC)C2=O)cn1.